The molecule has 1 aliphatic rings. The second kappa shape index (κ2) is 6.82. The maximum Gasteiger partial charge on any atom is 0.422 e. The Kier molecular flexibility index (Phi) is 5.04. The van der Waals surface area contributed by atoms with Crippen molar-refractivity contribution in [1.82, 2.24) is 4.98 Å². The van der Waals surface area contributed by atoms with E-state index in [0.29, 0.717) is 0 Å². The molecule has 1 aliphatic heterocycles. The molecule has 7 nitrogen and oxygen atoms in total. The van der Waals surface area contributed by atoms with E-state index >= 15 is 0 Å². The highest BCUT2D eigenvalue weighted by Gasteiger charge is 2.34. The predicted molar refractivity (Wildman–Crippen MR) is 69.9 cm³/mol. The van der Waals surface area contributed by atoms with Crippen molar-refractivity contribution in [3.05, 3.63) is 18.3 Å². The van der Waals surface area contributed by atoms with Gasteiger partial charge in [-0.2, -0.15) is 13.2 Å². The Bertz CT molecular complexity index is 576. The van der Waals surface area contributed by atoms with Gasteiger partial charge in [-0.1, -0.05) is 0 Å². The molecule has 2 rings (SSSR count). The molecule has 2 atom stereocenters. The van der Waals surface area contributed by atoms with E-state index in [2.05, 4.69) is 15.0 Å². The second-order valence-electron chi connectivity index (χ2n) is 4.81. The van der Waals surface area contributed by atoms with Gasteiger partial charge >= 0.3 is 12.1 Å². The van der Waals surface area contributed by atoms with E-state index in [0.717, 1.165) is 6.20 Å². The number of amides is 1. The Morgan fingerprint density at radius 1 is 1.35 bits per heavy atom. The van der Waals surface area contributed by atoms with Gasteiger partial charge in [-0.3, -0.25) is 4.79 Å². The lowest BCUT2D eigenvalue weighted by Gasteiger charge is -2.12. The fourth-order valence-electron chi connectivity index (χ4n) is 1.93. The lowest BCUT2D eigenvalue weighted by atomic mass is 10.2. The number of aromatic nitrogens is 1. The monoisotopic (exact) mass is 334 g/mol. The largest absolute Gasteiger partial charge is 0.479 e. The van der Waals surface area contributed by atoms with Gasteiger partial charge in [0.25, 0.3) is 5.91 Å². The van der Waals surface area contributed by atoms with Gasteiger partial charge in [0.2, 0.25) is 5.88 Å². The summed E-state index contributed by atoms with van der Waals surface area (Å²) in [5.41, 5.74) is 0.233. The van der Waals surface area contributed by atoms with Gasteiger partial charge < -0.3 is 19.9 Å². The SMILES string of the molecule is O=C(Nc1ccc(OCC(F)(F)F)nc1)[C@@H]1CC[C@H](C(=O)O)O1. The molecule has 1 saturated heterocycles. The third-order valence-electron chi connectivity index (χ3n) is 2.98. The summed E-state index contributed by atoms with van der Waals surface area (Å²) in [5.74, 6) is -1.91. The number of aliphatic carboxylic acids is 1. The Labute approximate surface area is 128 Å². The summed E-state index contributed by atoms with van der Waals surface area (Å²) < 4.78 is 45.5. The Morgan fingerprint density at radius 3 is 2.57 bits per heavy atom. The van der Waals surface area contributed by atoms with Gasteiger partial charge in [0.15, 0.2) is 12.7 Å². The summed E-state index contributed by atoms with van der Waals surface area (Å²) in [6.07, 6.45) is -4.74. The predicted octanol–water partition coefficient (Wildman–Crippen LogP) is 1.59. The number of nitrogens with one attached hydrogen (secondary N) is 1. The molecular weight excluding hydrogens is 321 g/mol. The lowest BCUT2D eigenvalue weighted by Crippen LogP contribution is -2.29. The fourth-order valence-corrected chi connectivity index (χ4v) is 1.93. The number of carbonyl (C=O) groups excluding carboxylic acids is 1. The normalized spacial score (nSPS) is 21.0. The minimum Gasteiger partial charge on any atom is -0.479 e. The summed E-state index contributed by atoms with van der Waals surface area (Å²) in [4.78, 5) is 26.3. The van der Waals surface area contributed by atoms with Gasteiger partial charge in [0, 0.05) is 6.07 Å². The van der Waals surface area contributed by atoms with E-state index in [4.69, 9.17) is 9.84 Å². The molecule has 10 heteroatoms. The molecule has 1 aromatic rings. The molecule has 126 valence electrons. The molecule has 0 radical (unpaired) electrons. The topological polar surface area (TPSA) is 97.8 Å². The van der Waals surface area contributed by atoms with E-state index in [1.165, 1.54) is 12.1 Å². The molecule has 2 heterocycles. The zero-order chi connectivity index (χ0) is 17.0. The van der Waals surface area contributed by atoms with Gasteiger partial charge in [0.1, 0.15) is 6.10 Å². The number of carboxylic acid groups (broad SMARTS) is 1. The summed E-state index contributed by atoms with van der Waals surface area (Å²) in [7, 11) is 0. The van der Waals surface area contributed by atoms with Crippen molar-refractivity contribution in [2.75, 3.05) is 11.9 Å². The minimum absolute atomic E-state index is 0.232. The summed E-state index contributed by atoms with van der Waals surface area (Å²) in [5, 5.41) is 11.2. The van der Waals surface area contributed by atoms with Crippen molar-refractivity contribution in [2.24, 2.45) is 0 Å². The quantitative estimate of drug-likeness (QED) is 0.849. The van der Waals surface area contributed by atoms with Gasteiger partial charge in [-0.15, -0.1) is 0 Å². The smallest absolute Gasteiger partial charge is 0.422 e. The number of halogens is 3. The van der Waals surface area contributed by atoms with Crippen molar-refractivity contribution >= 4 is 17.6 Å². The van der Waals surface area contributed by atoms with Crippen LogP contribution in [0, 0.1) is 0 Å². The number of pyridine rings is 1. The van der Waals surface area contributed by atoms with Crippen molar-refractivity contribution in [3.63, 3.8) is 0 Å². The molecule has 0 spiro atoms. The molecule has 0 aromatic carbocycles. The van der Waals surface area contributed by atoms with Crippen LogP contribution in [-0.4, -0.2) is 47.0 Å². The number of ether oxygens (including phenoxy) is 2. The maximum atomic E-state index is 12.0. The van der Waals surface area contributed by atoms with Crippen molar-refractivity contribution in [1.29, 1.82) is 0 Å². The zero-order valence-electron chi connectivity index (χ0n) is 11.7. The third kappa shape index (κ3) is 5.09. The number of carboxylic acids is 1. The maximum absolute atomic E-state index is 12.0. The molecule has 1 aromatic heterocycles. The Balaban J connectivity index is 1.86. The minimum atomic E-state index is -4.46. The molecule has 0 bridgehead atoms. The van der Waals surface area contributed by atoms with E-state index in [1.54, 1.807) is 0 Å². The first-order chi connectivity index (χ1) is 10.7. The number of hydrogen-bond acceptors (Lipinski definition) is 5. The van der Waals surface area contributed by atoms with Gasteiger partial charge in [-0.25, -0.2) is 9.78 Å². The summed E-state index contributed by atoms with van der Waals surface area (Å²) >= 11 is 0. The Morgan fingerprint density at radius 2 is 2.04 bits per heavy atom. The molecule has 0 aliphatic carbocycles. The molecule has 1 fully saturated rings. The van der Waals surface area contributed by atoms with Crippen LogP contribution in [0.2, 0.25) is 0 Å². The summed E-state index contributed by atoms with van der Waals surface area (Å²) in [6.45, 7) is -1.46. The average molecular weight is 334 g/mol. The molecule has 23 heavy (non-hydrogen) atoms. The van der Waals surface area contributed by atoms with Crippen LogP contribution in [0.15, 0.2) is 18.3 Å². The third-order valence-corrected chi connectivity index (χ3v) is 2.98. The van der Waals surface area contributed by atoms with Crippen LogP contribution in [0.1, 0.15) is 12.8 Å². The molecular formula is C13H13F3N2O5. The first kappa shape index (κ1) is 17.0. The van der Waals surface area contributed by atoms with Crippen LogP contribution in [0.25, 0.3) is 0 Å². The molecule has 0 saturated carbocycles. The van der Waals surface area contributed by atoms with E-state index in [-0.39, 0.29) is 24.4 Å². The highest BCUT2D eigenvalue weighted by Crippen LogP contribution is 2.22. The molecule has 0 unspecified atom stereocenters. The number of hydrogen-bond donors (Lipinski definition) is 2. The van der Waals surface area contributed by atoms with Crippen molar-refractivity contribution in [2.45, 2.75) is 31.2 Å². The van der Waals surface area contributed by atoms with Crippen LogP contribution in [0.3, 0.4) is 0 Å². The summed E-state index contributed by atoms with van der Waals surface area (Å²) in [6, 6.07) is 2.50. The first-order valence-electron chi connectivity index (χ1n) is 6.59. The van der Waals surface area contributed by atoms with E-state index in [1.807, 2.05) is 0 Å². The standard InChI is InChI=1S/C13H13F3N2O5/c14-13(15,16)6-22-10-4-1-7(5-17-10)18-11(19)8-2-3-9(23-8)12(20)21/h1,4-5,8-9H,2-3,6H2,(H,18,19)(H,20,21)/t8-,9+/m0/s1. The van der Waals surface area contributed by atoms with Crippen LogP contribution in [0.5, 0.6) is 5.88 Å². The van der Waals surface area contributed by atoms with E-state index in [9.17, 15) is 22.8 Å². The van der Waals surface area contributed by atoms with Crippen LogP contribution < -0.4 is 10.1 Å². The number of alkyl halides is 3. The van der Waals surface area contributed by atoms with Crippen LogP contribution in [0.4, 0.5) is 18.9 Å². The number of anilines is 1. The van der Waals surface area contributed by atoms with Crippen LogP contribution in [-0.2, 0) is 14.3 Å². The average Bonchev–Trinajstić information content (AvgIpc) is 2.96. The van der Waals surface area contributed by atoms with Crippen molar-refractivity contribution < 1.29 is 37.3 Å². The molecule has 2 N–H and O–H groups in total. The highest BCUT2D eigenvalue weighted by atomic mass is 19.4. The molecule has 1 amide bonds. The van der Waals surface area contributed by atoms with Crippen molar-refractivity contribution in [3.8, 4) is 5.88 Å². The number of rotatable bonds is 5. The first-order valence-corrected chi connectivity index (χ1v) is 6.59. The highest BCUT2D eigenvalue weighted by molar-refractivity contribution is 5.94. The second-order valence-corrected chi connectivity index (χ2v) is 4.81. The number of nitrogens with zero attached hydrogens (tertiary/aromatic N) is 1. The van der Waals surface area contributed by atoms with E-state index < -0.39 is 36.9 Å². The number of carbonyl (C=O) groups is 2. The fraction of sp³-hybridized carbons (Fsp3) is 0.462. The lowest BCUT2D eigenvalue weighted by molar-refractivity contribution is -0.154. The van der Waals surface area contributed by atoms with Gasteiger partial charge in [-0.05, 0) is 18.9 Å². The zero-order valence-corrected chi connectivity index (χ0v) is 11.7. The van der Waals surface area contributed by atoms with Gasteiger partial charge in [0.05, 0.1) is 11.9 Å². The van der Waals surface area contributed by atoms with Crippen LogP contribution >= 0.6 is 0 Å². The Hall–Kier alpha value is -2.36.